The second-order valence-electron chi connectivity index (χ2n) is 6.67. The largest absolute Gasteiger partial charge is 0.377 e. The maximum atomic E-state index is 12.7. The molecule has 0 saturated carbocycles. The number of nitrogens with one attached hydrogen (secondary N) is 1. The van der Waals surface area contributed by atoms with Crippen molar-refractivity contribution in [2.24, 2.45) is 0 Å². The van der Waals surface area contributed by atoms with E-state index in [1.54, 1.807) is 23.1 Å². The Labute approximate surface area is 159 Å². The fourth-order valence-corrected chi connectivity index (χ4v) is 4.54. The lowest BCUT2D eigenvalue weighted by Crippen LogP contribution is -2.38. The molecule has 1 fully saturated rings. The molecule has 2 aliphatic heterocycles. The highest BCUT2D eigenvalue weighted by Crippen LogP contribution is 2.26. The minimum absolute atomic E-state index is 0.0738. The van der Waals surface area contributed by atoms with Gasteiger partial charge in [-0.2, -0.15) is 16.9 Å². The van der Waals surface area contributed by atoms with E-state index in [1.165, 1.54) is 6.33 Å². The number of thioether (sulfide) groups is 1. The Morgan fingerprint density at radius 2 is 2.26 bits per heavy atom. The summed E-state index contributed by atoms with van der Waals surface area (Å²) in [5.74, 6) is 2.62. The average Bonchev–Trinajstić information content (AvgIpc) is 3.15. The van der Waals surface area contributed by atoms with Gasteiger partial charge in [-0.25, -0.2) is 14.6 Å². The highest BCUT2D eigenvalue weighted by molar-refractivity contribution is 7.98. The molecule has 3 aromatic heterocycles. The molecule has 27 heavy (non-hydrogen) atoms. The van der Waals surface area contributed by atoms with E-state index in [2.05, 4.69) is 25.4 Å². The van der Waals surface area contributed by atoms with E-state index in [0.717, 1.165) is 40.1 Å². The van der Waals surface area contributed by atoms with Crippen LogP contribution in [0, 0.1) is 0 Å². The molecule has 0 aliphatic carbocycles. The number of ether oxygens (including phenoxy) is 1. The number of aryl methyl sites for hydroxylation is 1. The summed E-state index contributed by atoms with van der Waals surface area (Å²) in [6.45, 7) is 0.936. The number of fused-ring (bicyclic) bond motifs is 2. The van der Waals surface area contributed by atoms with Gasteiger partial charge >= 0.3 is 0 Å². The van der Waals surface area contributed by atoms with Gasteiger partial charge in [0, 0.05) is 29.8 Å². The predicted octanol–water partition coefficient (Wildman–Crippen LogP) is 1.42. The van der Waals surface area contributed by atoms with Crippen molar-refractivity contribution < 1.29 is 4.74 Å². The molecule has 5 rings (SSSR count). The normalized spacial score (nSPS) is 21.9. The first-order valence-corrected chi connectivity index (χ1v) is 10.0. The smallest absolute Gasteiger partial charge is 0.267 e. The van der Waals surface area contributed by atoms with E-state index in [4.69, 9.17) is 4.74 Å². The van der Waals surface area contributed by atoms with E-state index in [1.807, 2.05) is 17.8 Å². The van der Waals surface area contributed by atoms with Crippen molar-refractivity contribution in [3.63, 3.8) is 0 Å². The van der Waals surface area contributed by atoms with Gasteiger partial charge in [-0.15, -0.1) is 0 Å². The van der Waals surface area contributed by atoms with Crippen LogP contribution >= 0.6 is 11.8 Å². The molecule has 2 unspecified atom stereocenters. The Morgan fingerprint density at radius 3 is 3.22 bits per heavy atom. The zero-order chi connectivity index (χ0) is 18.2. The van der Waals surface area contributed by atoms with E-state index in [-0.39, 0.29) is 17.6 Å². The van der Waals surface area contributed by atoms with Crippen LogP contribution < -0.4 is 10.9 Å². The molecule has 138 valence electrons. The van der Waals surface area contributed by atoms with Crippen molar-refractivity contribution in [1.29, 1.82) is 0 Å². The lowest BCUT2D eigenvalue weighted by molar-refractivity contribution is 0.182. The third-order valence-electron chi connectivity index (χ3n) is 4.99. The minimum Gasteiger partial charge on any atom is -0.377 e. The van der Waals surface area contributed by atoms with E-state index < -0.39 is 0 Å². The fourth-order valence-electron chi connectivity index (χ4n) is 3.59. The molecule has 0 aromatic carbocycles. The Morgan fingerprint density at radius 1 is 1.30 bits per heavy atom. The molecule has 2 atom stereocenters. The maximum Gasteiger partial charge on any atom is 0.267 e. The molecule has 1 N–H and O–H groups in total. The van der Waals surface area contributed by atoms with Gasteiger partial charge in [0.15, 0.2) is 0 Å². The molecule has 8 nitrogen and oxygen atoms in total. The summed E-state index contributed by atoms with van der Waals surface area (Å²) in [6, 6.07) is 3.33. The molecule has 0 spiro atoms. The first-order valence-electron chi connectivity index (χ1n) is 8.88. The van der Waals surface area contributed by atoms with Crippen molar-refractivity contribution in [3.8, 4) is 0 Å². The van der Waals surface area contributed by atoms with Crippen LogP contribution in [0.5, 0.6) is 0 Å². The van der Waals surface area contributed by atoms with Gasteiger partial charge in [-0.1, -0.05) is 0 Å². The third-order valence-corrected chi connectivity index (χ3v) is 6.00. The highest BCUT2D eigenvalue weighted by atomic mass is 32.2. The lowest BCUT2D eigenvalue weighted by Gasteiger charge is -2.23. The number of pyridine rings is 1. The number of anilines is 1. The molecule has 0 amide bonds. The van der Waals surface area contributed by atoms with Crippen LogP contribution in [0.3, 0.4) is 0 Å². The Bertz CT molecular complexity index is 1050. The molecular formula is C18H18N6O2S. The van der Waals surface area contributed by atoms with E-state index in [9.17, 15) is 4.79 Å². The van der Waals surface area contributed by atoms with Gasteiger partial charge in [-0.05, 0) is 17.4 Å². The van der Waals surface area contributed by atoms with E-state index in [0.29, 0.717) is 19.0 Å². The van der Waals surface area contributed by atoms with Gasteiger partial charge in [0.2, 0.25) is 0 Å². The second-order valence-corrected chi connectivity index (χ2v) is 7.78. The summed E-state index contributed by atoms with van der Waals surface area (Å²) < 4.78 is 7.27. The van der Waals surface area contributed by atoms with Crippen molar-refractivity contribution in [2.45, 2.75) is 24.3 Å². The van der Waals surface area contributed by atoms with Crippen molar-refractivity contribution in [2.75, 3.05) is 24.3 Å². The van der Waals surface area contributed by atoms with Gasteiger partial charge in [0.1, 0.15) is 18.2 Å². The van der Waals surface area contributed by atoms with Crippen molar-refractivity contribution >= 4 is 28.5 Å². The maximum absolute atomic E-state index is 12.7. The number of hydrogen-bond acceptors (Lipinski definition) is 8. The Kier molecular flexibility index (Phi) is 4.25. The molecule has 9 heteroatoms. The summed E-state index contributed by atoms with van der Waals surface area (Å²) in [5.41, 5.74) is 2.78. The first-order chi connectivity index (χ1) is 13.3. The standard InChI is InChI=1S/C18H18N6O2S/c25-17-5-11-9-27-4-2-13(11)23-24(17)16-8-26-7-15(16)22-18-12-1-3-19-6-14(12)20-10-21-18/h1,3,5-6,10,15-16H,2,4,7-9H2,(H,20,21,22). The van der Waals surface area contributed by atoms with Gasteiger partial charge in [0.05, 0.1) is 36.7 Å². The molecule has 0 bridgehead atoms. The topological polar surface area (TPSA) is 94.8 Å². The van der Waals surface area contributed by atoms with Gasteiger partial charge < -0.3 is 10.1 Å². The number of aromatic nitrogens is 5. The molecule has 2 aliphatic rings. The zero-order valence-corrected chi connectivity index (χ0v) is 15.4. The molecule has 3 aromatic rings. The summed E-state index contributed by atoms with van der Waals surface area (Å²) in [4.78, 5) is 25.4. The van der Waals surface area contributed by atoms with Crippen LogP contribution in [0.2, 0.25) is 0 Å². The predicted molar refractivity (Wildman–Crippen MR) is 103 cm³/mol. The number of rotatable bonds is 3. The average molecular weight is 382 g/mol. The van der Waals surface area contributed by atoms with Gasteiger partial charge in [-0.3, -0.25) is 9.78 Å². The van der Waals surface area contributed by atoms with Crippen LogP contribution in [0.25, 0.3) is 10.9 Å². The Hall–Kier alpha value is -2.52. The quantitative estimate of drug-likeness (QED) is 0.727. The van der Waals surface area contributed by atoms with Crippen LogP contribution in [-0.2, 0) is 16.9 Å². The number of nitrogens with zero attached hydrogens (tertiary/aromatic N) is 5. The fraction of sp³-hybridized carbons (Fsp3) is 0.389. The molecular weight excluding hydrogens is 364 g/mol. The van der Waals surface area contributed by atoms with Crippen LogP contribution in [0.1, 0.15) is 17.3 Å². The van der Waals surface area contributed by atoms with E-state index >= 15 is 0 Å². The summed E-state index contributed by atoms with van der Waals surface area (Å²) >= 11 is 1.84. The van der Waals surface area contributed by atoms with Crippen LogP contribution in [0.4, 0.5) is 5.82 Å². The summed E-state index contributed by atoms with van der Waals surface area (Å²) in [6.07, 6.45) is 5.83. The minimum atomic E-state index is -0.177. The summed E-state index contributed by atoms with van der Waals surface area (Å²) in [7, 11) is 0. The van der Waals surface area contributed by atoms with Gasteiger partial charge in [0.25, 0.3) is 5.56 Å². The lowest BCUT2D eigenvalue weighted by atomic mass is 10.1. The number of hydrogen-bond donors (Lipinski definition) is 1. The Balaban J connectivity index is 1.48. The molecule has 1 saturated heterocycles. The van der Waals surface area contributed by atoms with Crippen LogP contribution in [-0.4, -0.2) is 49.7 Å². The van der Waals surface area contributed by atoms with Crippen molar-refractivity contribution in [3.05, 3.63) is 52.5 Å². The molecule has 0 radical (unpaired) electrons. The monoisotopic (exact) mass is 382 g/mol. The molecule has 5 heterocycles. The van der Waals surface area contributed by atoms with Crippen LogP contribution in [0.15, 0.2) is 35.6 Å². The first kappa shape index (κ1) is 16.6. The third kappa shape index (κ3) is 3.06. The van der Waals surface area contributed by atoms with Crippen molar-refractivity contribution in [1.82, 2.24) is 24.7 Å². The SMILES string of the molecule is O=c1cc2c(nn1C1COCC1Nc1ncnc3cnccc13)CCSC2. The highest BCUT2D eigenvalue weighted by Gasteiger charge is 2.32. The zero-order valence-electron chi connectivity index (χ0n) is 14.5. The second kappa shape index (κ2) is 6.90. The summed E-state index contributed by atoms with van der Waals surface area (Å²) in [5, 5.41) is 9.00.